The van der Waals surface area contributed by atoms with Crippen LogP contribution in [0.1, 0.15) is 40.2 Å². The highest BCUT2D eigenvalue weighted by molar-refractivity contribution is 5.93. The van der Waals surface area contributed by atoms with Crippen molar-refractivity contribution in [1.82, 2.24) is 14.9 Å². The van der Waals surface area contributed by atoms with E-state index in [-0.39, 0.29) is 5.91 Å². The molecule has 0 unspecified atom stereocenters. The number of likely N-dealkylation sites (tertiary alicyclic amines) is 1. The number of aromatic nitrogens is 2. The molecule has 6 nitrogen and oxygen atoms in total. The van der Waals surface area contributed by atoms with Crippen LogP contribution in [0.4, 0.5) is 5.95 Å². The molecule has 0 radical (unpaired) electrons. The maximum absolute atomic E-state index is 13.0. The predicted molar refractivity (Wildman–Crippen MR) is 104 cm³/mol. The van der Waals surface area contributed by atoms with E-state index < -0.39 is 0 Å². The van der Waals surface area contributed by atoms with Crippen molar-refractivity contribution >= 4 is 11.9 Å². The number of aryl methyl sites for hydroxylation is 1. The van der Waals surface area contributed by atoms with Gasteiger partial charge in [0.15, 0.2) is 0 Å². The van der Waals surface area contributed by atoms with Gasteiger partial charge >= 0.3 is 0 Å². The van der Waals surface area contributed by atoms with Crippen LogP contribution in [0, 0.1) is 6.92 Å². The number of benzene rings is 1. The molecule has 3 heterocycles. The van der Waals surface area contributed by atoms with Crippen LogP contribution in [-0.2, 0) is 4.74 Å². The summed E-state index contributed by atoms with van der Waals surface area (Å²) in [6.45, 7) is 6.67. The van der Waals surface area contributed by atoms with Gasteiger partial charge in [0, 0.05) is 44.5 Å². The van der Waals surface area contributed by atoms with E-state index >= 15 is 0 Å². The zero-order valence-electron chi connectivity index (χ0n) is 15.8. The molecule has 1 amide bonds. The number of nitrogens with zero attached hydrogens (tertiary/aromatic N) is 4. The quantitative estimate of drug-likeness (QED) is 0.836. The first-order valence-electron chi connectivity index (χ1n) is 9.72. The van der Waals surface area contributed by atoms with Gasteiger partial charge in [0.2, 0.25) is 5.95 Å². The minimum Gasteiger partial charge on any atom is -0.378 e. The summed E-state index contributed by atoms with van der Waals surface area (Å²) in [6.07, 6.45) is 5.48. The van der Waals surface area contributed by atoms with Gasteiger partial charge in [0.1, 0.15) is 0 Å². The molecule has 2 saturated heterocycles. The number of ether oxygens (including phenoxy) is 1. The number of rotatable bonds is 3. The molecule has 27 heavy (non-hydrogen) atoms. The molecule has 0 bridgehead atoms. The highest BCUT2D eigenvalue weighted by Gasteiger charge is 2.26. The van der Waals surface area contributed by atoms with Crippen LogP contribution in [-0.4, -0.2) is 60.2 Å². The Bertz CT molecular complexity index is 787. The van der Waals surface area contributed by atoms with Gasteiger partial charge in [0.05, 0.1) is 18.8 Å². The molecule has 4 rings (SSSR count). The van der Waals surface area contributed by atoms with E-state index in [1.165, 1.54) is 11.1 Å². The van der Waals surface area contributed by atoms with E-state index in [9.17, 15) is 4.79 Å². The van der Waals surface area contributed by atoms with Crippen LogP contribution in [0.5, 0.6) is 0 Å². The fourth-order valence-corrected chi connectivity index (χ4v) is 4.00. The molecule has 1 atom stereocenters. The van der Waals surface area contributed by atoms with E-state index in [1.807, 2.05) is 4.90 Å². The largest absolute Gasteiger partial charge is 0.378 e. The minimum absolute atomic E-state index is 0.0295. The van der Waals surface area contributed by atoms with Crippen molar-refractivity contribution in [2.45, 2.75) is 25.7 Å². The fraction of sp³-hybridized carbons (Fsp3) is 0.476. The fourth-order valence-electron chi connectivity index (χ4n) is 4.00. The van der Waals surface area contributed by atoms with Gasteiger partial charge in [0.25, 0.3) is 5.91 Å². The monoisotopic (exact) mass is 366 g/mol. The first-order valence-corrected chi connectivity index (χ1v) is 9.72. The summed E-state index contributed by atoms with van der Waals surface area (Å²) in [6, 6.07) is 8.49. The molecular weight excluding hydrogens is 340 g/mol. The molecule has 2 aromatic rings. The topological polar surface area (TPSA) is 58.6 Å². The molecule has 142 valence electrons. The van der Waals surface area contributed by atoms with Gasteiger partial charge in [-0.3, -0.25) is 4.79 Å². The lowest BCUT2D eigenvalue weighted by Crippen LogP contribution is -2.39. The van der Waals surface area contributed by atoms with Crippen molar-refractivity contribution in [3.63, 3.8) is 0 Å². The Labute approximate surface area is 160 Å². The summed E-state index contributed by atoms with van der Waals surface area (Å²) >= 11 is 0. The third kappa shape index (κ3) is 3.95. The van der Waals surface area contributed by atoms with Gasteiger partial charge in [-0.25, -0.2) is 9.97 Å². The second-order valence-electron chi connectivity index (χ2n) is 7.32. The van der Waals surface area contributed by atoms with Crippen molar-refractivity contribution in [2.75, 3.05) is 44.3 Å². The van der Waals surface area contributed by atoms with E-state index in [1.54, 1.807) is 12.4 Å². The van der Waals surface area contributed by atoms with Crippen molar-refractivity contribution < 1.29 is 9.53 Å². The summed E-state index contributed by atoms with van der Waals surface area (Å²) in [5.74, 6) is 1.10. The molecule has 2 aliphatic rings. The maximum Gasteiger partial charge on any atom is 0.257 e. The molecule has 2 aliphatic heterocycles. The Morgan fingerprint density at radius 2 is 1.85 bits per heavy atom. The van der Waals surface area contributed by atoms with Crippen molar-refractivity contribution in [1.29, 1.82) is 0 Å². The number of carbonyl (C=O) groups excluding carboxylic acids is 1. The lowest BCUT2D eigenvalue weighted by molar-refractivity contribution is 0.0706. The summed E-state index contributed by atoms with van der Waals surface area (Å²) < 4.78 is 5.36. The summed E-state index contributed by atoms with van der Waals surface area (Å²) in [5, 5.41) is 0. The van der Waals surface area contributed by atoms with Crippen LogP contribution in [0.3, 0.4) is 0 Å². The zero-order valence-corrected chi connectivity index (χ0v) is 15.8. The first-order chi connectivity index (χ1) is 13.2. The Kier molecular flexibility index (Phi) is 5.34. The predicted octanol–water partition coefficient (Wildman–Crippen LogP) is 2.64. The van der Waals surface area contributed by atoms with Crippen LogP contribution in [0.25, 0.3) is 0 Å². The average Bonchev–Trinajstić information content (AvgIpc) is 2.74. The molecule has 2 fully saturated rings. The van der Waals surface area contributed by atoms with Crippen LogP contribution >= 0.6 is 0 Å². The van der Waals surface area contributed by atoms with Gasteiger partial charge in [-0.1, -0.05) is 24.3 Å². The van der Waals surface area contributed by atoms with E-state index in [0.29, 0.717) is 30.6 Å². The lowest BCUT2D eigenvalue weighted by atomic mass is 9.88. The second-order valence-corrected chi connectivity index (χ2v) is 7.32. The third-order valence-electron chi connectivity index (χ3n) is 5.52. The summed E-state index contributed by atoms with van der Waals surface area (Å²) in [7, 11) is 0. The molecule has 0 spiro atoms. The molecule has 1 aromatic carbocycles. The van der Waals surface area contributed by atoms with Gasteiger partial charge in [-0.05, 0) is 30.9 Å². The molecule has 1 aromatic heterocycles. The van der Waals surface area contributed by atoms with Crippen LogP contribution in [0.2, 0.25) is 0 Å². The first kappa shape index (κ1) is 17.9. The third-order valence-corrected chi connectivity index (χ3v) is 5.52. The SMILES string of the molecule is Cc1ccccc1[C@H]1CCCN(C(=O)c2cnc(N3CCOCC3)nc2)C1. The highest BCUT2D eigenvalue weighted by atomic mass is 16.5. The van der Waals surface area contributed by atoms with Crippen molar-refractivity contribution in [3.8, 4) is 0 Å². The number of hydrogen-bond acceptors (Lipinski definition) is 5. The number of anilines is 1. The molecule has 6 heteroatoms. The van der Waals surface area contributed by atoms with Gasteiger partial charge in [-0.2, -0.15) is 0 Å². The summed E-state index contributed by atoms with van der Waals surface area (Å²) in [5.41, 5.74) is 3.22. The number of amides is 1. The van der Waals surface area contributed by atoms with Crippen LogP contribution < -0.4 is 4.90 Å². The van der Waals surface area contributed by atoms with Crippen LogP contribution in [0.15, 0.2) is 36.7 Å². The maximum atomic E-state index is 13.0. The second kappa shape index (κ2) is 8.05. The van der Waals surface area contributed by atoms with E-state index in [2.05, 4.69) is 46.1 Å². The smallest absolute Gasteiger partial charge is 0.257 e. The standard InChI is InChI=1S/C21H26N4O2/c1-16-5-2-3-7-19(16)17-6-4-8-25(15-17)20(26)18-13-22-21(23-14-18)24-9-11-27-12-10-24/h2-3,5,7,13-14,17H,4,6,8-12,15H2,1H3/t17-/m0/s1. The summed E-state index contributed by atoms with van der Waals surface area (Å²) in [4.78, 5) is 25.8. The highest BCUT2D eigenvalue weighted by Crippen LogP contribution is 2.29. The minimum atomic E-state index is 0.0295. The van der Waals surface area contributed by atoms with Crippen molar-refractivity contribution in [3.05, 3.63) is 53.3 Å². The average molecular weight is 366 g/mol. The van der Waals surface area contributed by atoms with Gasteiger partial charge < -0.3 is 14.5 Å². The zero-order chi connectivity index (χ0) is 18.6. The molecule has 0 N–H and O–H groups in total. The Hall–Kier alpha value is -2.47. The molecule has 0 saturated carbocycles. The Balaban J connectivity index is 1.45. The molecular formula is C21H26N4O2. The number of hydrogen-bond donors (Lipinski definition) is 0. The van der Waals surface area contributed by atoms with Crippen molar-refractivity contribution in [2.24, 2.45) is 0 Å². The van der Waals surface area contributed by atoms with E-state index in [0.717, 1.165) is 39.0 Å². The molecule has 0 aliphatic carbocycles. The normalized spacial score (nSPS) is 20.6. The lowest BCUT2D eigenvalue weighted by Gasteiger charge is -2.33. The number of morpholine rings is 1. The number of carbonyl (C=O) groups is 1. The van der Waals surface area contributed by atoms with Gasteiger partial charge in [-0.15, -0.1) is 0 Å². The number of piperidine rings is 1. The van der Waals surface area contributed by atoms with E-state index in [4.69, 9.17) is 4.74 Å². The Morgan fingerprint density at radius 1 is 1.11 bits per heavy atom. The Morgan fingerprint density at radius 3 is 2.59 bits per heavy atom.